The number of carbonyl (C=O) groups excluding carboxylic acids is 2. The molecule has 0 heterocycles. The van der Waals surface area contributed by atoms with Gasteiger partial charge in [0.25, 0.3) is 5.91 Å². The topological polar surface area (TPSA) is 81.4 Å². The van der Waals surface area contributed by atoms with Crippen molar-refractivity contribution in [2.24, 2.45) is 5.73 Å². The molecule has 5 nitrogen and oxygen atoms in total. The Kier molecular flexibility index (Phi) is 4.59. The average Bonchev–Trinajstić information content (AvgIpc) is 2.28. The van der Waals surface area contributed by atoms with Crippen LogP contribution in [0.3, 0.4) is 0 Å². The van der Waals surface area contributed by atoms with E-state index in [-0.39, 0.29) is 11.3 Å². The Morgan fingerprint density at radius 1 is 1.28 bits per heavy atom. The molecular weight excluding hydrogens is 246 g/mol. The third kappa shape index (κ3) is 4.00. The zero-order valence-corrected chi connectivity index (χ0v) is 9.52. The van der Waals surface area contributed by atoms with Crippen LogP contribution in [0, 0.1) is 0 Å². The van der Waals surface area contributed by atoms with Crippen LogP contribution in [0.1, 0.15) is 17.3 Å². The molecule has 98 valence electrons. The lowest BCUT2D eigenvalue weighted by Gasteiger charge is -2.10. The number of primary amides is 1. The number of halogens is 2. The number of carbonyl (C=O) groups is 2. The second-order valence-electron chi connectivity index (χ2n) is 3.50. The number of ether oxygens (including phenoxy) is 1. The first-order valence-corrected chi connectivity index (χ1v) is 5.05. The van der Waals surface area contributed by atoms with Crippen molar-refractivity contribution in [1.82, 2.24) is 5.32 Å². The summed E-state index contributed by atoms with van der Waals surface area (Å²) in [6.07, 6.45) is 0. The molecule has 0 fully saturated rings. The van der Waals surface area contributed by atoms with Crippen molar-refractivity contribution in [1.29, 1.82) is 0 Å². The lowest BCUT2D eigenvalue weighted by Crippen LogP contribution is -2.42. The maximum atomic E-state index is 11.9. The van der Waals surface area contributed by atoms with E-state index in [1.54, 1.807) is 0 Å². The van der Waals surface area contributed by atoms with Crippen LogP contribution in [0.2, 0.25) is 0 Å². The molecule has 0 aromatic heterocycles. The second kappa shape index (κ2) is 5.95. The van der Waals surface area contributed by atoms with Crippen molar-refractivity contribution in [3.8, 4) is 5.75 Å². The Balaban J connectivity index is 2.67. The highest BCUT2D eigenvalue weighted by atomic mass is 19.3. The molecule has 7 heteroatoms. The number of nitrogens with two attached hydrogens (primary N) is 1. The smallest absolute Gasteiger partial charge is 0.387 e. The van der Waals surface area contributed by atoms with E-state index >= 15 is 0 Å². The van der Waals surface area contributed by atoms with Gasteiger partial charge in [-0.25, -0.2) is 0 Å². The highest BCUT2D eigenvalue weighted by Crippen LogP contribution is 2.14. The molecule has 0 spiro atoms. The van der Waals surface area contributed by atoms with Gasteiger partial charge in [0.15, 0.2) is 0 Å². The van der Waals surface area contributed by atoms with Gasteiger partial charge in [-0.2, -0.15) is 8.78 Å². The Hall–Kier alpha value is -2.18. The minimum atomic E-state index is -2.92. The third-order valence-corrected chi connectivity index (χ3v) is 2.12. The lowest BCUT2D eigenvalue weighted by molar-refractivity contribution is -0.119. The average molecular weight is 258 g/mol. The van der Waals surface area contributed by atoms with Crippen molar-refractivity contribution in [2.75, 3.05) is 0 Å². The molecule has 0 aliphatic rings. The third-order valence-electron chi connectivity index (χ3n) is 2.12. The van der Waals surface area contributed by atoms with Gasteiger partial charge in [0, 0.05) is 5.56 Å². The maximum Gasteiger partial charge on any atom is 0.387 e. The Bertz CT molecular complexity index is 434. The standard InChI is InChI=1S/C11H12F2N2O3/c1-6(9(14)16)15-10(17)7-2-4-8(5-3-7)18-11(12)13/h2-6,11H,1H3,(H2,14,16)(H,15,17). The van der Waals surface area contributed by atoms with Crippen LogP contribution in [0.25, 0.3) is 0 Å². The van der Waals surface area contributed by atoms with Gasteiger partial charge in [0.1, 0.15) is 11.8 Å². The molecule has 1 unspecified atom stereocenters. The minimum Gasteiger partial charge on any atom is -0.435 e. The quantitative estimate of drug-likeness (QED) is 0.823. The summed E-state index contributed by atoms with van der Waals surface area (Å²) in [5, 5.41) is 2.35. The molecule has 0 saturated heterocycles. The summed E-state index contributed by atoms with van der Waals surface area (Å²) in [7, 11) is 0. The van der Waals surface area contributed by atoms with Gasteiger partial charge < -0.3 is 15.8 Å². The number of amides is 2. The fraction of sp³-hybridized carbons (Fsp3) is 0.273. The van der Waals surface area contributed by atoms with E-state index in [0.29, 0.717) is 0 Å². The molecule has 0 aliphatic carbocycles. The largest absolute Gasteiger partial charge is 0.435 e. The first-order valence-electron chi connectivity index (χ1n) is 5.05. The van der Waals surface area contributed by atoms with E-state index in [1.165, 1.54) is 31.2 Å². The normalized spacial score (nSPS) is 12.0. The summed E-state index contributed by atoms with van der Waals surface area (Å²) < 4.78 is 27.9. The summed E-state index contributed by atoms with van der Waals surface area (Å²) in [4.78, 5) is 22.3. The predicted octanol–water partition coefficient (Wildman–Crippen LogP) is 0.892. The monoisotopic (exact) mass is 258 g/mol. The van der Waals surface area contributed by atoms with Crippen LogP contribution in [-0.2, 0) is 4.79 Å². The van der Waals surface area contributed by atoms with Gasteiger partial charge in [-0.3, -0.25) is 9.59 Å². The summed E-state index contributed by atoms with van der Waals surface area (Å²) in [5.41, 5.74) is 5.20. The van der Waals surface area contributed by atoms with Crippen LogP contribution in [-0.4, -0.2) is 24.5 Å². The molecule has 1 aromatic rings. The molecule has 1 rings (SSSR count). The van der Waals surface area contributed by atoms with Crippen molar-refractivity contribution in [2.45, 2.75) is 19.6 Å². The minimum absolute atomic E-state index is 0.0514. The molecule has 0 radical (unpaired) electrons. The fourth-order valence-corrected chi connectivity index (χ4v) is 1.14. The van der Waals surface area contributed by atoms with Crippen molar-refractivity contribution >= 4 is 11.8 Å². The zero-order chi connectivity index (χ0) is 13.7. The van der Waals surface area contributed by atoms with Crippen LogP contribution in [0.15, 0.2) is 24.3 Å². The van der Waals surface area contributed by atoms with E-state index in [9.17, 15) is 18.4 Å². The number of rotatable bonds is 5. The number of nitrogens with one attached hydrogen (secondary N) is 1. The van der Waals surface area contributed by atoms with Gasteiger partial charge in [0.2, 0.25) is 5.91 Å². The molecule has 18 heavy (non-hydrogen) atoms. The van der Waals surface area contributed by atoms with Gasteiger partial charge in [-0.1, -0.05) is 0 Å². The van der Waals surface area contributed by atoms with E-state index in [2.05, 4.69) is 10.1 Å². The SMILES string of the molecule is CC(NC(=O)c1ccc(OC(F)F)cc1)C(N)=O. The van der Waals surface area contributed by atoms with Crippen LogP contribution in [0.4, 0.5) is 8.78 Å². The number of hydrogen-bond donors (Lipinski definition) is 2. The first-order chi connectivity index (χ1) is 8.40. The Morgan fingerprint density at radius 2 is 1.83 bits per heavy atom. The number of hydrogen-bond acceptors (Lipinski definition) is 3. The molecule has 0 saturated carbocycles. The van der Waals surface area contributed by atoms with E-state index in [4.69, 9.17) is 5.73 Å². The van der Waals surface area contributed by atoms with Gasteiger partial charge in [-0.05, 0) is 31.2 Å². The number of alkyl halides is 2. The van der Waals surface area contributed by atoms with Gasteiger partial charge >= 0.3 is 6.61 Å². The van der Waals surface area contributed by atoms with Gasteiger partial charge in [-0.15, -0.1) is 0 Å². The van der Waals surface area contributed by atoms with Crippen molar-refractivity contribution in [3.05, 3.63) is 29.8 Å². The van der Waals surface area contributed by atoms with E-state index in [0.717, 1.165) is 0 Å². The summed E-state index contributed by atoms with van der Waals surface area (Å²) >= 11 is 0. The summed E-state index contributed by atoms with van der Waals surface area (Å²) in [5.74, 6) is -1.24. The van der Waals surface area contributed by atoms with Gasteiger partial charge in [0.05, 0.1) is 0 Å². The van der Waals surface area contributed by atoms with Crippen LogP contribution in [0.5, 0.6) is 5.75 Å². The highest BCUT2D eigenvalue weighted by Gasteiger charge is 2.13. The molecule has 3 N–H and O–H groups in total. The molecule has 0 aliphatic heterocycles. The number of benzene rings is 1. The Labute approximate surface area is 102 Å². The fourth-order valence-electron chi connectivity index (χ4n) is 1.14. The molecule has 1 aromatic carbocycles. The molecule has 2 amide bonds. The van der Waals surface area contributed by atoms with Crippen molar-refractivity contribution < 1.29 is 23.1 Å². The van der Waals surface area contributed by atoms with Crippen LogP contribution < -0.4 is 15.8 Å². The predicted molar refractivity (Wildman–Crippen MR) is 59.2 cm³/mol. The highest BCUT2D eigenvalue weighted by molar-refractivity contribution is 5.97. The first kappa shape index (κ1) is 13.9. The molecular formula is C11H12F2N2O3. The zero-order valence-electron chi connectivity index (χ0n) is 9.52. The van der Waals surface area contributed by atoms with E-state index < -0.39 is 24.5 Å². The molecule has 0 bridgehead atoms. The summed E-state index contributed by atoms with van der Waals surface area (Å²) in [6, 6.07) is 4.27. The van der Waals surface area contributed by atoms with Crippen LogP contribution >= 0.6 is 0 Å². The summed E-state index contributed by atoms with van der Waals surface area (Å²) in [6.45, 7) is -1.48. The van der Waals surface area contributed by atoms with Crippen molar-refractivity contribution in [3.63, 3.8) is 0 Å². The lowest BCUT2D eigenvalue weighted by atomic mass is 10.2. The second-order valence-corrected chi connectivity index (χ2v) is 3.50. The Morgan fingerprint density at radius 3 is 2.28 bits per heavy atom. The molecule has 1 atom stereocenters. The van der Waals surface area contributed by atoms with E-state index in [1.807, 2.05) is 0 Å². The maximum absolute atomic E-state index is 11.9.